The van der Waals surface area contributed by atoms with Gasteiger partial charge in [-0.1, -0.05) is 19.0 Å². The minimum absolute atomic E-state index is 0.164. The summed E-state index contributed by atoms with van der Waals surface area (Å²) in [6, 6.07) is 7.71. The Morgan fingerprint density at radius 3 is 2.53 bits per heavy atom. The number of aromatic nitrogens is 2. The summed E-state index contributed by atoms with van der Waals surface area (Å²) in [6.07, 6.45) is 2.15. The van der Waals surface area contributed by atoms with E-state index >= 15 is 0 Å². The molecule has 4 rings (SSSR count). The van der Waals surface area contributed by atoms with Gasteiger partial charge in [0.2, 0.25) is 10.0 Å². The fourth-order valence-corrected chi connectivity index (χ4v) is 5.32. The van der Waals surface area contributed by atoms with E-state index in [9.17, 15) is 13.2 Å². The first-order valence-corrected chi connectivity index (χ1v) is 12.1. The molecular weight excluding hydrogens is 424 g/mol. The lowest BCUT2D eigenvalue weighted by Gasteiger charge is -2.18. The lowest BCUT2D eigenvalue weighted by atomic mass is 10.2. The number of amides is 1. The molecule has 10 heteroatoms. The molecule has 0 bridgehead atoms. The molecular formula is C20H22N4O4S2. The first-order valence-electron chi connectivity index (χ1n) is 9.77. The van der Waals surface area contributed by atoms with Crippen molar-refractivity contribution in [1.29, 1.82) is 0 Å². The van der Waals surface area contributed by atoms with Gasteiger partial charge >= 0.3 is 0 Å². The fraction of sp³-hybridized carbons (Fsp3) is 0.350. The van der Waals surface area contributed by atoms with E-state index in [1.54, 1.807) is 19.9 Å². The van der Waals surface area contributed by atoms with Crippen LogP contribution in [0.4, 0.5) is 5.69 Å². The predicted octanol–water partition coefficient (Wildman–Crippen LogP) is 3.96. The summed E-state index contributed by atoms with van der Waals surface area (Å²) in [5, 5.41) is 8.71. The summed E-state index contributed by atoms with van der Waals surface area (Å²) < 4.78 is 31.9. The Kier molecular flexibility index (Phi) is 5.72. The lowest BCUT2D eigenvalue weighted by molar-refractivity contribution is 0.102. The van der Waals surface area contributed by atoms with Crippen molar-refractivity contribution in [3.8, 4) is 10.8 Å². The van der Waals surface area contributed by atoms with E-state index in [1.807, 2.05) is 5.38 Å². The Morgan fingerprint density at radius 2 is 1.90 bits per heavy atom. The van der Waals surface area contributed by atoms with Crippen molar-refractivity contribution in [2.45, 2.75) is 37.5 Å². The summed E-state index contributed by atoms with van der Waals surface area (Å²) in [5.74, 6) is 1.14. The molecule has 8 nitrogen and oxygen atoms in total. The number of hydrogen-bond acceptors (Lipinski definition) is 7. The van der Waals surface area contributed by atoms with E-state index < -0.39 is 10.0 Å². The molecule has 0 saturated heterocycles. The van der Waals surface area contributed by atoms with Crippen LogP contribution >= 0.6 is 11.3 Å². The second-order valence-electron chi connectivity index (χ2n) is 6.96. The van der Waals surface area contributed by atoms with Gasteiger partial charge in [-0.2, -0.15) is 9.29 Å². The average molecular weight is 447 g/mol. The minimum Gasteiger partial charge on any atom is -0.333 e. The van der Waals surface area contributed by atoms with E-state index in [0.29, 0.717) is 46.9 Å². The fourth-order valence-electron chi connectivity index (χ4n) is 3.09. The highest BCUT2D eigenvalue weighted by molar-refractivity contribution is 7.89. The van der Waals surface area contributed by atoms with Crippen LogP contribution in [0.1, 0.15) is 48.8 Å². The SMILES string of the molecule is CCN(CC)S(=O)(=O)c1ccc(C(=O)Nc2ccsc2-c2nc(C3CC3)no2)cc1. The molecule has 1 amide bonds. The molecule has 0 atom stereocenters. The van der Waals surface area contributed by atoms with Crippen LogP contribution in [-0.4, -0.2) is 41.9 Å². The average Bonchev–Trinajstić information content (AvgIpc) is 3.29. The summed E-state index contributed by atoms with van der Waals surface area (Å²) in [4.78, 5) is 18.0. The summed E-state index contributed by atoms with van der Waals surface area (Å²) >= 11 is 1.40. The highest BCUT2D eigenvalue weighted by Crippen LogP contribution is 2.40. The third-order valence-corrected chi connectivity index (χ3v) is 7.92. The quantitative estimate of drug-likeness (QED) is 0.561. The van der Waals surface area contributed by atoms with Gasteiger partial charge in [-0.15, -0.1) is 11.3 Å². The Hall–Kier alpha value is -2.56. The van der Waals surface area contributed by atoms with Crippen molar-refractivity contribution in [3.63, 3.8) is 0 Å². The summed E-state index contributed by atoms with van der Waals surface area (Å²) in [7, 11) is -3.56. The van der Waals surface area contributed by atoms with Crippen molar-refractivity contribution >= 4 is 33.0 Å². The van der Waals surface area contributed by atoms with Gasteiger partial charge in [0.25, 0.3) is 11.8 Å². The van der Waals surface area contributed by atoms with Crippen LogP contribution in [0.2, 0.25) is 0 Å². The molecule has 0 spiro atoms. The molecule has 0 unspecified atom stereocenters. The molecule has 2 aromatic heterocycles. The highest BCUT2D eigenvalue weighted by atomic mass is 32.2. The molecule has 1 N–H and O–H groups in total. The van der Waals surface area contributed by atoms with Gasteiger partial charge in [0.1, 0.15) is 4.88 Å². The number of carbonyl (C=O) groups is 1. The molecule has 1 aliphatic carbocycles. The highest BCUT2D eigenvalue weighted by Gasteiger charge is 2.29. The van der Waals surface area contributed by atoms with Crippen LogP contribution in [0.25, 0.3) is 10.8 Å². The summed E-state index contributed by atoms with van der Waals surface area (Å²) in [6.45, 7) is 4.36. The molecule has 1 aliphatic rings. The summed E-state index contributed by atoms with van der Waals surface area (Å²) in [5.41, 5.74) is 0.936. The molecule has 3 aromatic rings. The smallest absolute Gasteiger partial charge is 0.270 e. The van der Waals surface area contributed by atoms with Gasteiger partial charge in [0.05, 0.1) is 10.6 Å². The van der Waals surface area contributed by atoms with Gasteiger partial charge < -0.3 is 9.84 Å². The van der Waals surface area contributed by atoms with Crippen LogP contribution < -0.4 is 5.32 Å². The Labute approximate surface area is 179 Å². The third-order valence-electron chi connectivity index (χ3n) is 4.95. The van der Waals surface area contributed by atoms with E-state index in [1.165, 1.54) is 39.9 Å². The van der Waals surface area contributed by atoms with Crippen LogP contribution in [0.3, 0.4) is 0 Å². The topological polar surface area (TPSA) is 105 Å². The number of hydrogen-bond donors (Lipinski definition) is 1. The van der Waals surface area contributed by atoms with Crippen LogP contribution in [0, 0.1) is 0 Å². The molecule has 0 radical (unpaired) electrons. The van der Waals surface area contributed by atoms with E-state index in [0.717, 1.165) is 12.8 Å². The standard InChI is InChI=1S/C20H22N4O4S2/c1-3-24(4-2)30(26,27)15-9-7-14(8-10-15)19(25)21-16-11-12-29-17(16)20-22-18(23-28-20)13-5-6-13/h7-13H,3-6H2,1-2H3,(H,21,25). The first kappa shape index (κ1) is 20.7. The zero-order chi connectivity index (χ0) is 21.3. The van der Waals surface area contributed by atoms with E-state index in [-0.39, 0.29) is 10.8 Å². The maximum absolute atomic E-state index is 12.7. The molecule has 158 valence electrons. The monoisotopic (exact) mass is 446 g/mol. The lowest BCUT2D eigenvalue weighted by Crippen LogP contribution is -2.30. The molecule has 2 heterocycles. The van der Waals surface area contributed by atoms with E-state index in [2.05, 4.69) is 15.5 Å². The number of nitrogens with zero attached hydrogens (tertiary/aromatic N) is 3. The van der Waals surface area contributed by atoms with Crippen molar-refractivity contribution < 1.29 is 17.7 Å². The van der Waals surface area contributed by atoms with Crippen molar-refractivity contribution in [3.05, 3.63) is 47.1 Å². The Bertz CT molecular complexity index is 1140. The first-order chi connectivity index (χ1) is 14.4. The molecule has 0 aliphatic heterocycles. The number of rotatable bonds is 8. The van der Waals surface area contributed by atoms with Crippen molar-refractivity contribution in [1.82, 2.24) is 14.4 Å². The maximum atomic E-state index is 12.7. The van der Waals surface area contributed by atoms with Gasteiger partial charge in [-0.05, 0) is 48.6 Å². The third kappa shape index (κ3) is 4.03. The Balaban J connectivity index is 1.50. The molecule has 1 fully saturated rings. The number of thiophene rings is 1. The van der Waals surface area contributed by atoms with Crippen LogP contribution in [0.5, 0.6) is 0 Å². The molecule has 1 saturated carbocycles. The second kappa shape index (κ2) is 8.29. The second-order valence-corrected chi connectivity index (χ2v) is 9.82. The normalized spacial score (nSPS) is 14.2. The van der Waals surface area contributed by atoms with Crippen LogP contribution in [-0.2, 0) is 10.0 Å². The number of sulfonamides is 1. The van der Waals surface area contributed by atoms with Crippen molar-refractivity contribution in [2.75, 3.05) is 18.4 Å². The zero-order valence-electron chi connectivity index (χ0n) is 16.7. The van der Waals surface area contributed by atoms with Crippen LogP contribution in [0.15, 0.2) is 45.1 Å². The van der Waals surface area contributed by atoms with Gasteiger partial charge in [0, 0.05) is 24.6 Å². The van der Waals surface area contributed by atoms with Gasteiger partial charge in [-0.25, -0.2) is 8.42 Å². The predicted molar refractivity (Wildman–Crippen MR) is 114 cm³/mol. The minimum atomic E-state index is -3.56. The zero-order valence-corrected chi connectivity index (χ0v) is 18.3. The molecule has 30 heavy (non-hydrogen) atoms. The number of carbonyl (C=O) groups excluding carboxylic acids is 1. The Morgan fingerprint density at radius 1 is 1.20 bits per heavy atom. The largest absolute Gasteiger partial charge is 0.333 e. The maximum Gasteiger partial charge on any atom is 0.270 e. The van der Waals surface area contributed by atoms with Crippen molar-refractivity contribution in [2.24, 2.45) is 0 Å². The van der Waals surface area contributed by atoms with Gasteiger partial charge in [-0.3, -0.25) is 4.79 Å². The number of anilines is 1. The van der Waals surface area contributed by atoms with Gasteiger partial charge in [0.15, 0.2) is 5.82 Å². The number of nitrogens with one attached hydrogen (secondary N) is 1. The number of benzene rings is 1. The van der Waals surface area contributed by atoms with E-state index in [4.69, 9.17) is 4.52 Å². The molecule has 1 aromatic carbocycles.